The number of carbonyl (C=O) groups is 1. The highest BCUT2D eigenvalue weighted by Gasteiger charge is 2.24. The van der Waals surface area contributed by atoms with Crippen LogP contribution in [0.25, 0.3) is 0 Å². The van der Waals surface area contributed by atoms with Crippen molar-refractivity contribution >= 4 is 5.91 Å². The minimum absolute atomic E-state index is 0.0884. The van der Waals surface area contributed by atoms with E-state index in [0.717, 1.165) is 29.8 Å². The molecule has 0 saturated carbocycles. The van der Waals surface area contributed by atoms with E-state index in [9.17, 15) is 9.59 Å². The second kappa shape index (κ2) is 9.02. The van der Waals surface area contributed by atoms with E-state index in [0.29, 0.717) is 32.5 Å². The Kier molecular flexibility index (Phi) is 6.02. The van der Waals surface area contributed by atoms with Gasteiger partial charge < -0.3 is 4.90 Å². The predicted octanol–water partition coefficient (Wildman–Crippen LogP) is 1.88. The molecule has 8 nitrogen and oxygen atoms in total. The van der Waals surface area contributed by atoms with Gasteiger partial charge in [0.05, 0.1) is 6.54 Å². The number of rotatable bonds is 6. The van der Waals surface area contributed by atoms with Crippen LogP contribution in [0.2, 0.25) is 0 Å². The van der Waals surface area contributed by atoms with Crippen molar-refractivity contribution < 1.29 is 4.79 Å². The molecule has 156 valence electrons. The molecule has 0 N–H and O–H groups in total. The number of fused-ring (bicyclic) bond motifs is 1. The van der Waals surface area contributed by atoms with Crippen LogP contribution in [-0.4, -0.2) is 42.2 Å². The normalized spacial score (nSPS) is 16.0. The molecular weight excluding hydrogens is 380 g/mol. The van der Waals surface area contributed by atoms with Crippen LogP contribution in [0.4, 0.5) is 0 Å². The van der Waals surface area contributed by atoms with E-state index in [4.69, 9.17) is 0 Å². The molecule has 8 heteroatoms. The van der Waals surface area contributed by atoms with E-state index >= 15 is 0 Å². The van der Waals surface area contributed by atoms with Gasteiger partial charge in [0, 0.05) is 57.8 Å². The van der Waals surface area contributed by atoms with Crippen molar-refractivity contribution in [3.05, 3.63) is 76.5 Å². The molecular formula is C22H26N6O2. The zero-order valence-electron chi connectivity index (χ0n) is 17.1. The fourth-order valence-corrected chi connectivity index (χ4v) is 3.91. The fraction of sp³-hybridized carbons (Fsp3) is 0.409. The minimum atomic E-state index is -0.0884. The van der Waals surface area contributed by atoms with Crippen molar-refractivity contribution in [2.75, 3.05) is 7.05 Å². The molecule has 0 aromatic carbocycles. The average Bonchev–Trinajstić information content (AvgIpc) is 2.92. The van der Waals surface area contributed by atoms with E-state index in [1.165, 1.54) is 4.68 Å². The summed E-state index contributed by atoms with van der Waals surface area (Å²) in [4.78, 5) is 35.4. The third kappa shape index (κ3) is 4.64. The molecule has 0 spiro atoms. The molecule has 1 unspecified atom stereocenters. The van der Waals surface area contributed by atoms with Crippen LogP contribution in [0, 0.1) is 5.92 Å². The number of amides is 1. The summed E-state index contributed by atoms with van der Waals surface area (Å²) in [6.45, 7) is 1.58. The summed E-state index contributed by atoms with van der Waals surface area (Å²) < 4.78 is 3.28. The van der Waals surface area contributed by atoms with Gasteiger partial charge in [-0.3, -0.25) is 19.3 Å². The van der Waals surface area contributed by atoms with Crippen LogP contribution < -0.4 is 5.69 Å². The molecule has 4 rings (SSSR count). The van der Waals surface area contributed by atoms with Gasteiger partial charge in [-0.1, -0.05) is 12.1 Å². The lowest BCUT2D eigenvalue weighted by Gasteiger charge is -2.20. The van der Waals surface area contributed by atoms with Crippen molar-refractivity contribution in [1.29, 1.82) is 0 Å². The molecule has 30 heavy (non-hydrogen) atoms. The third-order valence-corrected chi connectivity index (χ3v) is 5.62. The van der Waals surface area contributed by atoms with Crippen molar-refractivity contribution in [3.63, 3.8) is 0 Å². The van der Waals surface area contributed by atoms with Crippen LogP contribution in [0.3, 0.4) is 0 Å². The Morgan fingerprint density at radius 2 is 1.87 bits per heavy atom. The van der Waals surface area contributed by atoms with Crippen LogP contribution >= 0.6 is 0 Å². The predicted molar refractivity (Wildman–Crippen MR) is 112 cm³/mol. The van der Waals surface area contributed by atoms with E-state index < -0.39 is 0 Å². The number of hydrogen-bond donors (Lipinski definition) is 0. The summed E-state index contributed by atoms with van der Waals surface area (Å²) in [6.07, 6.45) is 9.83. The molecule has 3 aromatic heterocycles. The van der Waals surface area contributed by atoms with Crippen molar-refractivity contribution in [3.8, 4) is 0 Å². The topological polar surface area (TPSA) is 85.9 Å². The number of aromatic nitrogens is 5. The number of carbonyl (C=O) groups excluding carboxylic acids is 1. The van der Waals surface area contributed by atoms with Crippen molar-refractivity contribution in [1.82, 2.24) is 29.2 Å². The van der Waals surface area contributed by atoms with Gasteiger partial charge in [0.25, 0.3) is 0 Å². The van der Waals surface area contributed by atoms with Gasteiger partial charge in [0.15, 0.2) is 0 Å². The monoisotopic (exact) mass is 406 g/mol. The molecule has 0 radical (unpaired) electrons. The maximum Gasteiger partial charge on any atom is 0.346 e. The second-order valence-electron chi connectivity index (χ2n) is 7.88. The van der Waals surface area contributed by atoms with E-state index in [2.05, 4.69) is 15.1 Å². The Labute approximate surface area is 175 Å². The Morgan fingerprint density at radius 1 is 1.13 bits per heavy atom. The summed E-state index contributed by atoms with van der Waals surface area (Å²) >= 11 is 0. The summed E-state index contributed by atoms with van der Waals surface area (Å²) in [6, 6.07) is 7.64. The highest BCUT2D eigenvalue weighted by atomic mass is 16.2. The summed E-state index contributed by atoms with van der Waals surface area (Å²) in [5.74, 6) is 1.18. The highest BCUT2D eigenvalue weighted by Crippen LogP contribution is 2.22. The maximum absolute atomic E-state index is 12.8. The van der Waals surface area contributed by atoms with E-state index in [-0.39, 0.29) is 17.5 Å². The smallest absolute Gasteiger partial charge is 0.341 e. The van der Waals surface area contributed by atoms with Gasteiger partial charge in [-0.25, -0.2) is 9.48 Å². The second-order valence-corrected chi connectivity index (χ2v) is 7.88. The fourth-order valence-electron chi connectivity index (χ4n) is 3.91. The number of hydrogen-bond acceptors (Lipinski definition) is 5. The van der Waals surface area contributed by atoms with Gasteiger partial charge in [0.2, 0.25) is 5.91 Å². The third-order valence-electron chi connectivity index (χ3n) is 5.62. The number of pyridine rings is 2. The molecule has 0 saturated heterocycles. The van der Waals surface area contributed by atoms with Crippen molar-refractivity contribution in [2.24, 2.45) is 5.92 Å². The molecule has 1 aliphatic rings. The lowest BCUT2D eigenvalue weighted by molar-refractivity contribution is -0.131. The van der Waals surface area contributed by atoms with Gasteiger partial charge in [0.1, 0.15) is 5.82 Å². The van der Waals surface area contributed by atoms with Gasteiger partial charge >= 0.3 is 5.69 Å². The quantitative estimate of drug-likeness (QED) is 0.624. The molecule has 0 fully saturated rings. The molecule has 1 aliphatic heterocycles. The summed E-state index contributed by atoms with van der Waals surface area (Å²) in [7, 11) is 1.83. The molecule has 0 bridgehead atoms. The summed E-state index contributed by atoms with van der Waals surface area (Å²) in [5, 5.41) is 4.55. The Hall–Kier alpha value is -3.29. The number of aryl methyl sites for hydroxylation is 1. The van der Waals surface area contributed by atoms with Crippen LogP contribution in [0.1, 0.15) is 36.2 Å². The zero-order chi connectivity index (χ0) is 20.9. The van der Waals surface area contributed by atoms with Crippen LogP contribution in [0.5, 0.6) is 0 Å². The summed E-state index contributed by atoms with van der Waals surface area (Å²) in [5.41, 5.74) is 1.88. The molecule has 0 aliphatic carbocycles. The van der Waals surface area contributed by atoms with Gasteiger partial charge in [-0.15, -0.1) is 0 Å². The lowest BCUT2D eigenvalue weighted by Crippen LogP contribution is -2.29. The van der Waals surface area contributed by atoms with Crippen molar-refractivity contribution in [2.45, 2.75) is 45.3 Å². The first-order chi connectivity index (χ1) is 14.6. The lowest BCUT2D eigenvalue weighted by atomic mass is 9.96. The first-order valence-electron chi connectivity index (χ1n) is 10.3. The standard InChI is InChI=1S/C22H26N6O2/c1-26(15-18-4-2-9-23-13-18)21(29)12-17-6-7-20-25-28(22(30)27(20)11-8-17)16-19-5-3-10-24-14-19/h2-5,9-10,13-14,17H,6-8,11-12,15-16H2,1H3. The van der Waals surface area contributed by atoms with Crippen LogP contribution in [-0.2, 0) is 30.8 Å². The first kappa shape index (κ1) is 20.0. The minimum Gasteiger partial charge on any atom is -0.341 e. The Morgan fingerprint density at radius 3 is 2.57 bits per heavy atom. The molecule has 1 atom stereocenters. The van der Waals surface area contributed by atoms with Gasteiger partial charge in [-0.2, -0.15) is 5.10 Å². The van der Waals surface area contributed by atoms with E-state index in [1.807, 2.05) is 31.3 Å². The highest BCUT2D eigenvalue weighted by molar-refractivity contribution is 5.76. The van der Waals surface area contributed by atoms with Gasteiger partial charge in [-0.05, 0) is 42.0 Å². The number of nitrogens with zero attached hydrogens (tertiary/aromatic N) is 6. The molecule has 3 aromatic rings. The average molecular weight is 406 g/mol. The zero-order valence-corrected chi connectivity index (χ0v) is 17.1. The molecule has 4 heterocycles. The van der Waals surface area contributed by atoms with Crippen LogP contribution in [0.15, 0.2) is 53.8 Å². The maximum atomic E-state index is 12.8. The first-order valence-corrected chi connectivity index (χ1v) is 10.3. The van der Waals surface area contributed by atoms with E-state index in [1.54, 1.807) is 34.3 Å². The largest absolute Gasteiger partial charge is 0.346 e. The SMILES string of the molecule is CN(Cc1cccnc1)C(=O)CC1CCc2nn(Cc3cccnc3)c(=O)n2CC1. The Balaban J connectivity index is 1.35. The molecule has 1 amide bonds. The Bertz CT molecular complexity index is 1040.